The number of aliphatic hydroxyl groups excluding tert-OH is 1. The third kappa shape index (κ3) is 2.22. The Labute approximate surface area is 127 Å². The normalized spacial score (nSPS) is 18.6. The number of rotatable bonds is 3. The minimum Gasteiger partial charge on any atom is -0.386 e. The Morgan fingerprint density at radius 3 is 2.86 bits per heavy atom. The SMILES string of the molecule is N#Cc1nccnc1N1CCn2nc([C@@H](O)C3CC3)cc2C1. The molecular weight excluding hydrogens is 280 g/mol. The van der Waals surface area contributed by atoms with Crippen LogP contribution in [0.4, 0.5) is 5.82 Å². The van der Waals surface area contributed by atoms with Crippen molar-refractivity contribution in [2.75, 3.05) is 11.4 Å². The van der Waals surface area contributed by atoms with Gasteiger partial charge < -0.3 is 10.0 Å². The van der Waals surface area contributed by atoms with Crippen molar-refractivity contribution >= 4 is 5.82 Å². The molecule has 2 aromatic rings. The number of aromatic nitrogens is 4. The zero-order valence-corrected chi connectivity index (χ0v) is 12.1. The molecule has 3 heterocycles. The summed E-state index contributed by atoms with van der Waals surface area (Å²) in [6.45, 7) is 2.06. The first-order valence-corrected chi connectivity index (χ1v) is 7.47. The maximum Gasteiger partial charge on any atom is 0.183 e. The lowest BCUT2D eigenvalue weighted by Gasteiger charge is -2.28. The highest BCUT2D eigenvalue weighted by Crippen LogP contribution is 2.40. The average molecular weight is 296 g/mol. The molecule has 2 aromatic heterocycles. The monoisotopic (exact) mass is 296 g/mol. The second-order valence-electron chi connectivity index (χ2n) is 5.83. The van der Waals surface area contributed by atoms with Crippen LogP contribution in [0.15, 0.2) is 18.5 Å². The predicted octanol–water partition coefficient (Wildman–Crippen LogP) is 1.01. The van der Waals surface area contributed by atoms with Crippen LogP contribution < -0.4 is 4.90 Å². The van der Waals surface area contributed by atoms with E-state index in [2.05, 4.69) is 21.1 Å². The minimum atomic E-state index is -0.447. The third-order valence-corrected chi connectivity index (χ3v) is 4.27. The van der Waals surface area contributed by atoms with Gasteiger partial charge in [0.15, 0.2) is 11.5 Å². The summed E-state index contributed by atoms with van der Waals surface area (Å²) in [6, 6.07) is 4.06. The average Bonchev–Trinajstić information content (AvgIpc) is 3.32. The molecule has 1 aliphatic heterocycles. The van der Waals surface area contributed by atoms with Gasteiger partial charge >= 0.3 is 0 Å². The van der Waals surface area contributed by atoms with Crippen molar-refractivity contribution in [3.05, 3.63) is 35.5 Å². The molecule has 0 saturated heterocycles. The van der Waals surface area contributed by atoms with Gasteiger partial charge in [0.2, 0.25) is 0 Å². The van der Waals surface area contributed by atoms with E-state index in [1.807, 2.05) is 15.6 Å². The summed E-state index contributed by atoms with van der Waals surface area (Å²) < 4.78 is 1.94. The largest absolute Gasteiger partial charge is 0.386 e. The van der Waals surface area contributed by atoms with Gasteiger partial charge in [0.25, 0.3) is 0 Å². The first-order valence-electron chi connectivity index (χ1n) is 7.47. The van der Waals surface area contributed by atoms with Gasteiger partial charge in [0.1, 0.15) is 12.2 Å². The molecule has 1 fully saturated rings. The molecule has 2 aliphatic rings. The molecule has 1 atom stereocenters. The highest BCUT2D eigenvalue weighted by atomic mass is 16.3. The lowest BCUT2D eigenvalue weighted by molar-refractivity contribution is 0.148. The zero-order valence-electron chi connectivity index (χ0n) is 12.1. The van der Waals surface area contributed by atoms with Crippen molar-refractivity contribution < 1.29 is 5.11 Å². The zero-order chi connectivity index (χ0) is 15.1. The fourth-order valence-corrected chi connectivity index (χ4v) is 2.91. The summed E-state index contributed by atoms with van der Waals surface area (Å²) in [5.74, 6) is 0.986. The van der Waals surface area contributed by atoms with Crippen LogP contribution in [-0.2, 0) is 13.1 Å². The fraction of sp³-hybridized carbons (Fsp3) is 0.467. The van der Waals surface area contributed by atoms with Crippen LogP contribution in [-0.4, -0.2) is 31.4 Å². The Bertz CT molecular complexity index is 745. The molecule has 112 valence electrons. The van der Waals surface area contributed by atoms with E-state index in [-0.39, 0.29) is 0 Å². The van der Waals surface area contributed by atoms with Gasteiger partial charge in [0.05, 0.1) is 24.5 Å². The summed E-state index contributed by atoms with van der Waals surface area (Å²) in [4.78, 5) is 10.4. The van der Waals surface area contributed by atoms with Crippen LogP contribution in [0.3, 0.4) is 0 Å². The Hall–Kier alpha value is -2.46. The molecular formula is C15H16N6O. The highest BCUT2D eigenvalue weighted by molar-refractivity contribution is 5.50. The maximum atomic E-state index is 10.2. The first kappa shape index (κ1) is 13.2. The van der Waals surface area contributed by atoms with Gasteiger partial charge in [-0.15, -0.1) is 0 Å². The molecule has 4 rings (SSSR count). The molecule has 0 amide bonds. The van der Waals surface area contributed by atoms with E-state index in [9.17, 15) is 5.11 Å². The molecule has 7 nitrogen and oxygen atoms in total. The third-order valence-electron chi connectivity index (χ3n) is 4.27. The lowest BCUT2D eigenvalue weighted by atomic mass is 10.1. The lowest BCUT2D eigenvalue weighted by Crippen LogP contribution is -2.35. The molecule has 7 heteroatoms. The maximum absolute atomic E-state index is 10.2. The summed E-state index contributed by atoms with van der Waals surface area (Å²) in [5.41, 5.74) is 2.14. The van der Waals surface area contributed by atoms with E-state index in [0.29, 0.717) is 30.5 Å². The van der Waals surface area contributed by atoms with Gasteiger partial charge in [-0.3, -0.25) is 4.68 Å². The standard InChI is InChI=1S/C15H16N6O/c16-8-13-15(18-4-3-17-13)20-5-6-21-11(9-20)7-12(19-21)14(22)10-1-2-10/h3-4,7,10,14,22H,1-2,5-6,9H2/t14-/m0/s1. The van der Waals surface area contributed by atoms with Crippen molar-refractivity contribution in [1.29, 1.82) is 5.26 Å². The van der Waals surface area contributed by atoms with Crippen LogP contribution in [0.5, 0.6) is 0 Å². The van der Waals surface area contributed by atoms with E-state index in [1.165, 1.54) is 6.20 Å². The summed E-state index contributed by atoms with van der Waals surface area (Å²) in [5, 5.41) is 23.9. The molecule has 1 N–H and O–H groups in total. The highest BCUT2D eigenvalue weighted by Gasteiger charge is 2.33. The number of hydrogen-bond acceptors (Lipinski definition) is 6. The molecule has 1 aliphatic carbocycles. The Kier molecular flexibility index (Phi) is 3.05. The molecule has 1 saturated carbocycles. The predicted molar refractivity (Wildman–Crippen MR) is 77.7 cm³/mol. The van der Waals surface area contributed by atoms with Crippen LogP contribution in [0.25, 0.3) is 0 Å². The first-order chi connectivity index (χ1) is 10.8. The Balaban J connectivity index is 1.60. The Morgan fingerprint density at radius 1 is 1.27 bits per heavy atom. The van der Waals surface area contributed by atoms with E-state index in [4.69, 9.17) is 5.26 Å². The summed E-state index contributed by atoms with van der Waals surface area (Å²) >= 11 is 0. The second kappa shape index (κ2) is 5.07. The van der Waals surface area contributed by atoms with Crippen molar-refractivity contribution in [2.24, 2.45) is 5.92 Å². The van der Waals surface area contributed by atoms with E-state index in [0.717, 1.165) is 30.8 Å². The quantitative estimate of drug-likeness (QED) is 0.909. The molecule has 22 heavy (non-hydrogen) atoms. The number of hydrogen-bond donors (Lipinski definition) is 1. The minimum absolute atomic E-state index is 0.341. The molecule has 0 radical (unpaired) electrons. The van der Waals surface area contributed by atoms with Crippen molar-refractivity contribution in [1.82, 2.24) is 19.7 Å². The van der Waals surface area contributed by atoms with Crippen molar-refractivity contribution in [2.45, 2.75) is 32.0 Å². The van der Waals surface area contributed by atoms with Gasteiger partial charge in [-0.05, 0) is 24.8 Å². The molecule has 0 aromatic carbocycles. The second-order valence-corrected chi connectivity index (χ2v) is 5.83. The van der Waals surface area contributed by atoms with E-state index >= 15 is 0 Å². The van der Waals surface area contributed by atoms with E-state index in [1.54, 1.807) is 6.20 Å². The van der Waals surface area contributed by atoms with Crippen LogP contribution >= 0.6 is 0 Å². The van der Waals surface area contributed by atoms with Gasteiger partial charge in [-0.2, -0.15) is 10.4 Å². The summed E-state index contributed by atoms with van der Waals surface area (Å²) in [7, 11) is 0. The topological polar surface area (TPSA) is 90.9 Å². The number of fused-ring (bicyclic) bond motifs is 1. The van der Waals surface area contributed by atoms with Gasteiger partial charge in [-0.25, -0.2) is 9.97 Å². The van der Waals surface area contributed by atoms with Crippen molar-refractivity contribution in [3.8, 4) is 6.07 Å². The van der Waals surface area contributed by atoms with Gasteiger partial charge in [-0.1, -0.05) is 0 Å². The smallest absolute Gasteiger partial charge is 0.183 e. The van der Waals surface area contributed by atoms with E-state index < -0.39 is 6.10 Å². The summed E-state index contributed by atoms with van der Waals surface area (Å²) in [6.07, 6.45) is 4.85. The number of nitriles is 1. The molecule has 0 unspecified atom stereocenters. The van der Waals surface area contributed by atoms with Gasteiger partial charge in [0, 0.05) is 18.9 Å². The number of nitrogens with zero attached hydrogens (tertiary/aromatic N) is 6. The fourth-order valence-electron chi connectivity index (χ4n) is 2.91. The molecule has 0 bridgehead atoms. The van der Waals surface area contributed by atoms with Crippen LogP contribution in [0.1, 0.15) is 36.0 Å². The number of aliphatic hydroxyl groups is 1. The number of anilines is 1. The Morgan fingerprint density at radius 2 is 2.09 bits per heavy atom. The van der Waals surface area contributed by atoms with Crippen LogP contribution in [0.2, 0.25) is 0 Å². The van der Waals surface area contributed by atoms with Crippen LogP contribution in [0, 0.1) is 17.2 Å². The molecule has 0 spiro atoms. The van der Waals surface area contributed by atoms with Crippen molar-refractivity contribution in [3.63, 3.8) is 0 Å².